The summed E-state index contributed by atoms with van der Waals surface area (Å²) in [6, 6.07) is -0.561. The fourth-order valence-corrected chi connectivity index (χ4v) is 2.76. The summed E-state index contributed by atoms with van der Waals surface area (Å²) in [5, 5.41) is 9.82. The first-order valence-electron chi connectivity index (χ1n) is 10.3. The van der Waals surface area contributed by atoms with E-state index in [1.807, 2.05) is 0 Å². The Balaban J connectivity index is 0. The van der Waals surface area contributed by atoms with Gasteiger partial charge in [0.15, 0.2) is 0 Å². The molecule has 6 heteroatoms. The third-order valence-corrected chi connectivity index (χ3v) is 4.33. The Kier molecular flexibility index (Phi) is 23.7. The molecule has 0 bridgehead atoms. The van der Waals surface area contributed by atoms with Crippen molar-refractivity contribution >= 4 is 22.8 Å². The highest BCUT2D eigenvalue weighted by Gasteiger charge is 2.17. The lowest BCUT2D eigenvalue weighted by molar-refractivity contribution is -0.125. The van der Waals surface area contributed by atoms with Crippen molar-refractivity contribution in [3.63, 3.8) is 0 Å². The zero-order valence-electron chi connectivity index (χ0n) is 16.9. The highest BCUT2D eigenvalue weighted by Crippen LogP contribution is 2.11. The van der Waals surface area contributed by atoms with Gasteiger partial charge in [0.05, 0.1) is 0 Å². The molecule has 0 heterocycles. The molecule has 0 spiro atoms. The van der Waals surface area contributed by atoms with Gasteiger partial charge in [-0.15, -0.1) is 0 Å². The Morgan fingerprint density at radius 1 is 0.923 bits per heavy atom. The SMILES string of the molecule is CCCCCCCCCCCC(=O)N[C@@H](CCCCN)C(=O)Cl.CCO. The van der Waals surface area contributed by atoms with Crippen LogP contribution in [-0.2, 0) is 9.59 Å². The van der Waals surface area contributed by atoms with E-state index in [0.717, 1.165) is 25.7 Å². The van der Waals surface area contributed by atoms with E-state index < -0.39 is 11.3 Å². The maximum Gasteiger partial charge on any atom is 0.243 e. The van der Waals surface area contributed by atoms with Crippen LogP contribution < -0.4 is 11.1 Å². The van der Waals surface area contributed by atoms with Crippen molar-refractivity contribution in [1.29, 1.82) is 0 Å². The predicted molar refractivity (Wildman–Crippen MR) is 110 cm³/mol. The molecule has 0 aromatic rings. The summed E-state index contributed by atoms with van der Waals surface area (Å²) in [6.45, 7) is 4.75. The van der Waals surface area contributed by atoms with Crippen LogP contribution in [0.5, 0.6) is 0 Å². The van der Waals surface area contributed by atoms with E-state index in [2.05, 4.69) is 12.2 Å². The second kappa shape index (κ2) is 22.4. The van der Waals surface area contributed by atoms with Crippen molar-refractivity contribution in [1.82, 2.24) is 5.32 Å². The molecule has 0 aliphatic carbocycles. The molecular weight excluding hydrogens is 352 g/mol. The number of carbonyl (C=O) groups excluding carboxylic acids is 2. The number of halogens is 1. The van der Waals surface area contributed by atoms with E-state index >= 15 is 0 Å². The van der Waals surface area contributed by atoms with E-state index in [0.29, 0.717) is 19.4 Å². The summed E-state index contributed by atoms with van der Waals surface area (Å²) in [7, 11) is 0. The van der Waals surface area contributed by atoms with Gasteiger partial charge < -0.3 is 16.2 Å². The van der Waals surface area contributed by atoms with Crippen molar-refractivity contribution < 1.29 is 14.7 Å². The smallest absolute Gasteiger partial charge is 0.243 e. The molecular formula is C20H41ClN2O3. The number of nitrogens with one attached hydrogen (secondary N) is 1. The fourth-order valence-electron chi connectivity index (χ4n) is 2.60. The average Bonchev–Trinajstić information content (AvgIpc) is 2.60. The number of aliphatic hydroxyl groups is 1. The number of carbonyl (C=O) groups is 2. The molecule has 26 heavy (non-hydrogen) atoms. The normalized spacial score (nSPS) is 11.4. The van der Waals surface area contributed by atoms with Gasteiger partial charge in [-0.25, -0.2) is 0 Å². The third-order valence-electron chi connectivity index (χ3n) is 4.06. The number of aliphatic hydroxyl groups excluding tert-OH is 1. The van der Waals surface area contributed by atoms with Gasteiger partial charge in [-0.1, -0.05) is 58.3 Å². The molecule has 1 atom stereocenters. The first-order valence-corrected chi connectivity index (χ1v) is 10.7. The van der Waals surface area contributed by atoms with Gasteiger partial charge >= 0.3 is 0 Å². The predicted octanol–water partition coefficient (Wildman–Crippen LogP) is 4.29. The van der Waals surface area contributed by atoms with Crippen molar-refractivity contribution in [2.24, 2.45) is 5.73 Å². The van der Waals surface area contributed by atoms with Gasteiger partial charge in [-0.05, 0) is 50.8 Å². The highest BCUT2D eigenvalue weighted by molar-refractivity contribution is 6.64. The van der Waals surface area contributed by atoms with Crippen LogP contribution in [0.2, 0.25) is 0 Å². The minimum absolute atomic E-state index is 0.0697. The maximum absolute atomic E-state index is 11.9. The number of rotatable bonds is 16. The van der Waals surface area contributed by atoms with Gasteiger partial charge in [-0.3, -0.25) is 9.59 Å². The lowest BCUT2D eigenvalue weighted by atomic mass is 10.1. The summed E-state index contributed by atoms with van der Waals surface area (Å²) in [5.74, 6) is -0.0697. The molecule has 0 fully saturated rings. The molecule has 0 aromatic carbocycles. The number of hydrogen-bond acceptors (Lipinski definition) is 4. The topological polar surface area (TPSA) is 92.4 Å². The Morgan fingerprint density at radius 3 is 1.88 bits per heavy atom. The fraction of sp³-hybridized carbons (Fsp3) is 0.900. The van der Waals surface area contributed by atoms with E-state index in [4.69, 9.17) is 22.4 Å². The Hall–Kier alpha value is -0.650. The first kappa shape index (κ1) is 27.6. The number of amides is 1. The van der Waals surface area contributed by atoms with Crippen LogP contribution in [0.25, 0.3) is 0 Å². The largest absolute Gasteiger partial charge is 0.397 e. The molecule has 0 saturated carbocycles. The highest BCUT2D eigenvalue weighted by atomic mass is 35.5. The molecule has 0 saturated heterocycles. The van der Waals surface area contributed by atoms with E-state index in [1.54, 1.807) is 6.92 Å². The number of hydrogen-bond donors (Lipinski definition) is 3. The molecule has 0 unspecified atom stereocenters. The third kappa shape index (κ3) is 21.4. The standard InChI is InChI=1S/C18H35ClN2O2.C2H6O/c1-2-3-4-5-6-7-8-9-10-14-17(22)21-16(18(19)23)13-11-12-15-20;1-2-3/h16H,2-15,20H2,1H3,(H,21,22);3H,2H2,1H3/t16-;/m0./s1. The molecule has 5 nitrogen and oxygen atoms in total. The monoisotopic (exact) mass is 392 g/mol. The Bertz CT molecular complexity index is 328. The van der Waals surface area contributed by atoms with Crippen LogP contribution >= 0.6 is 11.6 Å². The molecule has 1 amide bonds. The summed E-state index contributed by atoms with van der Waals surface area (Å²) >= 11 is 5.54. The molecule has 0 aromatic heterocycles. The maximum atomic E-state index is 11.9. The van der Waals surface area contributed by atoms with Gasteiger partial charge in [0.25, 0.3) is 0 Å². The minimum Gasteiger partial charge on any atom is -0.397 e. The van der Waals surface area contributed by atoms with Crippen molar-refractivity contribution in [2.45, 2.75) is 103 Å². The number of nitrogens with two attached hydrogens (primary N) is 1. The minimum atomic E-state index is -0.561. The number of unbranched alkanes of at least 4 members (excludes halogenated alkanes) is 9. The average molecular weight is 393 g/mol. The zero-order valence-corrected chi connectivity index (χ0v) is 17.7. The summed E-state index contributed by atoms with van der Waals surface area (Å²) in [5.41, 5.74) is 5.43. The molecule has 4 N–H and O–H groups in total. The molecule has 0 radical (unpaired) electrons. The van der Waals surface area contributed by atoms with Crippen molar-refractivity contribution in [2.75, 3.05) is 13.2 Å². The van der Waals surface area contributed by atoms with Gasteiger partial charge in [0, 0.05) is 13.0 Å². The lowest BCUT2D eigenvalue weighted by Gasteiger charge is -2.14. The van der Waals surface area contributed by atoms with Crippen LogP contribution in [0.3, 0.4) is 0 Å². The second-order valence-corrected chi connectivity index (χ2v) is 6.98. The summed E-state index contributed by atoms with van der Waals surface area (Å²) in [6.07, 6.45) is 13.7. The van der Waals surface area contributed by atoms with E-state index in [1.165, 1.54) is 44.9 Å². The Labute approximate surface area is 165 Å². The molecule has 0 aliphatic heterocycles. The molecule has 156 valence electrons. The van der Waals surface area contributed by atoms with Crippen LogP contribution in [0.4, 0.5) is 0 Å². The van der Waals surface area contributed by atoms with Gasteiger partial charge in [0.2, 0.25) is 11.1 Å². The van der Waals surface area contributed by atoms with Crippen LogP contribution in [-0.4, -0.2) is 35.4 Å². The quantitative estimate of drug-likeness (QED) is 0.270. The van der Waals surface area contributed by atoms with Crippen LogP contribution in [0, 0.1) is 0 Å². The second-order valence-electron chi connectivity index (χ2n) is 6.60. The van der Waals surface area contributed by atoms with Crippen LogP contribution in [0.1, 0.15) is 97.3 Å². The van der Waals surface area contributed by atoms with Crippen molar-refractivity contribution in [3.8, 4) is 0 Å². The van der Waals surface area contributed by atoms with Gasteiger partial charge in [-0.2, -0.15) is 0 Å². The zero-order chi connectivity index (χ0) is 20.0. The first-order chi connectivity index (χ1) is 12.5. The Morgan fingerprint density at radius 2 is 1.42 bits per heavy atom. The molecule has 0 rings (SSSR count). The van der Waals surface area contributed by atoms with Crippen molar-refractivity contribution in [3.05, 3.63) is 0 Å². The lowest BCUT2D eigenvalue weighted by Crippen LogP contribution is -2.38. The van der Waals surface area contributed by atoms with Gasteiger partial charge in [0.1, 0.15) is 6.04 Å². The summed E-state index contributed by atoms with van der Waals surface area (Å²) in [4.78, 5) is 23.2. The van der Waals surface area contributed by atoms with Crippen LogP contribution in [0.15, 0.2) is 0 Å². The van der Waals surface area contributed by atoms with E-state index in [9.17, 15) is 9.59 Å². The van der Waals surface area contributed by atoms with E-state index in [-0.39, 0.29) is 12.5 Å². The molecule has 0 aliphatic rings. The summed E-state index contributed by atoms with van der Waals surface area (Å²) < 4.78 is 0.